The van der Waals surface area contributed by atoms with Crippen LogP contribution in [0, 0.1) is 5.41 Å². The van der Waals surface area contributed by atoms with E-state index in [9.17, 15) is 9.13 Å². The molecule has 0 atom stereocenters. The lowest BCUT2D eigenvalue weighted by Crippen LogP contribution is -2.46. The van der Waals surface area contributed by atoms with Crippen molar-refractivity contribution in [3.05, 3.63) is 48.5 Å². The summed E-state index contributed by atoms with van der Waals surface area (Å²) in [6.45, 7) is 0.262. The lowest BCUT2D eigenvalue weighted by atomic mass is 9.93. The van der Waals surface area contributed by atoms with E-state index in [1.165, 1.54) is 0 Å². The summed E-state index contributed by atoms with van der Waals surface area (Å²) in [6.07, 6.45) is 0. The molecule has 0 aromatic heterocycles. The molecule has 0 bridgehead atoms. The minimum absolute atomic E-state index is 0.0654. The van der Waals surface area contributed by atoms with Crippen molar-refractivity contribution in [1.82, 2.24) is 0 Å². The summed E-state index contributed by atoms with van der Waals surface area (Å²) in [5.74, 6) is 1.36. The molecule has 0 saturated carbocycles. The lowest BCUT2D eigenvalue weighted by molar-refractivity contribution is -0.0667. The van der Waals surface area contributed by atoms with Crippen molar-refractivity contribution in [2.45, 2.75) is 0 Å². The third kappa shape index (κ3) is 5.23. The van der Waals surface area contributed by atoms with Gasteiger partial charge < -0.3 is 9.47 Å². The van der Waals surface area contributed by atoms with E-state index in [0.717, 1.165) is 0 Å². The molecule has 2 aliphatic heterocycles. The molecule has 0 radical (unpaired) electrons. The smallest absolute Gasteiger partial charge is 0.432 e. The van der Waals surface area contributed by atoms with Crippen LogP contribution in [0.25, 0.3) is 0 Å². The third-order valence-electron chi connectivity index (χ3n) is 4.87. The SMILES string of the molecule is COc1ccc(NP2(=O)OCC3(CO2)COP(=O)(Nc2ccc(OC)cc2)OC3)cc1. The Bertz CT molecular complexity index is 890. The van der Waals surface area contributed by atoms with Crippen LogP contribution in [0.15, 0.2) is 48.5 Å². The van der Waals surface area contributed by atoms with E-state index in [0.29, 0.717) is 22.9 Å². The number of nitrogens with one attached hydrogen (secondary N) is 2. The molecule has 2 fully saturated rings. The molecule has 1 spiro atoms. The number of hydrogen-bond donors (Lipinski definition) is 2. The van der Waals surface area contributed by atoms with Gasteiger partial charge in [0.1, 0.15) is 11.5 Å². The molecule has 2 heterocycles. The van der Waals surface area contributed by atoms with E-state index in [1.807, 2.05) is 0 Å². The Morgan fingerprint density at radius 3 is 1.29 bits per heavy atom. The predicted molar refractivity (Wildman–Crippen MR) is 115 cm³/mol. The number of benzene rings is 2. The molecule has 0 aliphatic carbocycles. The monoisotopic (exact) mass is 470 g/mol. The third-order valence-corrected chi connectivity index (χ3v) is 7.82. The number of methoxy groups -OCH3 is 2. The van der Waals surface area contributed by atoms with Gasteiger partial charge in [-0.3, -0.25) is 28.3 Å². The summed E-state index contributed by atoms with van der Waals surface area (Å²) in [5.41, 5.74) is 0.444. The Hall–Kier alpha value is -2.06. The Morgan fingerprint density at radius 1 is 0.677 bits per heavy atom. The van der Waals surface area contributed by atoms with Crippen molar-refractivity contribution < 1.29 is 36.7 Å². The highest BCUT2D eigenvalue weighted by molar-refractivity contribution is 7.55. The molecule has 12 heteroatoms. The van der Waals surface area contributed by atoms with Crippen molar-refractivity contribution in [3.63, 3.8) is 0 Å². The van der Waals surface area contributed by atoms with Gasteiger partial charge in [-0.15, -0.1) is 0 Å². The fourth-order valence-electron chi connectivity index (χ4n) is 2.99. The van der Waals surface area contributed by atoms with Gasteiger partial charge in [0.05, 0.1) is 46.1 Å². The topological polar surface area (TPSA) is 114 Å². The van der Waals surface area contributed by atoms with Crippen LogP contribution in [-0.2, 0) is 27.2 Å². The summed E-state index contributed by atoms with van der Waals surface area (Å²) in [7, 11) is -3.96. The van der Waals surface area contributed by atoms with Gasteiger partial charge in [0.15, 0.2) is 0 Å². The summed E-state index contributed by atoms with van der Waals surface area (Å²) >= 11 is 0. The van der Waals surface area contributed by atoms with Crippen LogP contribution in [-0.4, -0.2) is 40.6 Å². The number of ether oxygens (including phenoxy) is 2. The second-order valence-corrected chi connectivity index (χ2v) is 10.7. The Labute approximate surface area is 180 Å². The summed E-state index contributed by atoms with van der Waals surface area (Å²) in [4.78, 5) is 0. The minimum atomic E-state index is -3.54. The maximum atomic E-state index is 12.9. The van der Waals surface area contributed by atoms with Crippen LogP contribution in [0.5, 0.6) is 11.5 Å². The zero-order valence-corrected chi connectivity index (χ0v) is 18.9. The highest BCUT2D eigenvalue weighted by Crippen LogP contribution is 2.58. The Balaban J connectivity index is 1.32. The number of anilines is 2. The summed E-state index contributed by atoms with van der Waals surface area (Å²) in [5, 5.41) is 5.57. The largest absolute Gasteiger partial charge is 0.497 e. The van der Waals surface area contributed by atoms with E-state index < -0.39 is 20.9 Å². The van der Waals surface area contributed by atoms with E-state index in [-0.39, 0.29) is 26.4 Å². The van der Waals surface area contributed by atoms with Crippen LogP contribution in [0.2, 0.25) is 0 Å². The first-order chi connectivity index (χ1) is 14.8. The van der Waals surface area contributed by atoms with E-state index in [1.54, 1.807) is 62.8 Å². The van der Waals surface area contributed by atoms with Gasteiger partial charge in [-0.2, -0.15) is 0 Å². The van der Waals surface area contributed by atoms with Gasteiger partial charge in [0.25, 0.3) is 0 Å². The van der Waals surface area contributed by atoms with Crippen LogP contribution in [0.1, 0.15) is 0 Å². The highest BCUT2D eigenvalue weighted by atomic mass is 31.2. The highest BCUT2D eigenvalue weighted by Gasteiger charge is 2.49. The predicted octanol–water partition coefficient (Wildman–Crippen LogP) is 4.52. The van der Waals surface area contributed by atoms with Crippen LogP contribution >= 0.6 is 15.5 Å². The van der Waals surface area contributed by atoms with Crippen LogP contribution in [0.3, 0.4) is 0 Å². The molecule has 10 nitrogen and oxygen atoms in total. The first kappa shape index (κ1) is 22.1. The average molecular weight is 470 g/mol. The number of rotatable bonds is 6. The second kappa shape index (κ2) is 8.82. The van der Waals surface area contributed by atoms with Gasteiger partial charge in [0, 0.05) is 11.4 Å². The van der Waals surface area contributed by atoms with E-state index >= 15 is 0 Å². The first-order valence-corrected chi connectivity index (χ1v) is 12.6. The number of hydrogen-bond acceptors (Lipinski definition) is 8. The normalized spacial score (nSPS) is 30.5. The van der Waals surface area contributed by atoms with Crippen molar-refractivity contribution in [3.8, 4) is 11.5 Å². The van der Waals surface area contributed by atoms with Gasteiger partial charge >= 0.3 is 15.5 Å². The van der Waals surface area contributed by atoms with Gasteiger partial charge in [-0.05, 0) is 48.5 Å². The van der Waals surface area contributed by atoms with Gasteiger partial charge in [-0.25, -0.2) is 9.13 Å². The van der Waals surface area contributed by atoms with Crippen LogP contribution in [0.4, 0.5) is 11.4 Å². The molecule has 2 saturated heterocycles. The molecule has 2 aromatic rings. The standard InChI is InChI=1S/C19H24N2O8P2/c1-24-17-7-3-15(4-8-17)20-30(22)26-11-19(12-27-30)13-28-31(23,29-14-19)21-16-5-9-18(25-2)10-6-16/h3-10H,11-14H2,1-2H3,(H,20,22)(H,21,23). The molecule has 4 rings (SSSR count). The first-order valence-electron chi connectivity index (χ1n) is 9.48. The van der Waals surface area contributed by atoms with Crippen molar-refractivity contribution in [1.29, 1.82) is 0 Å². The molecule has 2 aliphatic rings. The fourth-order valence-corrected chi connectivity index (χ4v) is 6.10. The van der Waals surface area contributed by atoms with Crippen molar-refractivity contribution in [2.24, 2.45) is 5.41 Å². The average Bonchev–Trinajstić information content (AvgIpc) is 2.79. The lowest BCUT2D eigenvalue weighted by Gasteiger charge is -2.42. The zero-order valence-electron chi connectivity index (χ0n) is 17.1. The van der Waals surface area contributed by atoms with Crippen LogP contribution < -0.4 is 19.6 Å². The minimum Gasteiger partial charge on any atom is -0.497 e. The van der Waals surface area contributed by atoms with Gasteiger partial charge in [0.2, 0.25) is 0 Å². The molecule has 168 valence electrons. The zero-order chi connectivity index (χ0) is 22.0. The fraction of sp³-hybridized carbons (Fsp3) is 0.368. The summed E-state index contributed by atoms with van der Waals surface area (Å²) in [6, 6.07) is 13.8. The maximum Gasteiger partial charge on any atom is 0.432 e. The molecule has 0 amide bonds. The maximum absolute atomic E-state index is 12.9. The van der Waals surface area contributed by atoms with E-state index in [2.05, 4.69) is 10.2 Å². The molecule has 0 unspecified atom stereocenters. The molecule has 2 N–H and O–H groups in total. The second-order valence-electron chi connectivity index (χ2n) is 7.27. The van der Waals surface area contributed by atoms with Crippen molar-refractivity contribution in [2.75, 3.05) is 50.8 Å². The quantitative estimate of drug-likeness (QED) is 0.584. The van der Waals surface area contributed by atoms with E-state index in [4.69, 9.17) is 27.6 Å². The molecular weight excluding hydrogens is 446 g/mol. The Kier molecular flexibility index (Phi) is 6.30. The summed E-state index contributed by atoms with van der Waals surface area (Å²) < 4.78 is 58.1. The molecule has 31 heavy (non-hydrogen) atoms. The molecular formula is C19H24N2O8P2. The van der Waals surface area contributed by atoms with Crippen molar-refractivity contribution >= 4 is 26.9 Å². The molecule has 2 aromatic carbocycles. The van der Waals surface area contributed by atoms with Gasteiger partial charge in [-0.1, -0.05) is 0 Å². The Morgan fingerprint density at radius 2 is 1.00 bits per heavy atom.